The van der Waals surface area contributed by atoms with Crippen molar-refractivity contribution in [1.82, 2.24) is 5.32 Å². The molecule has 1 aromatic heterocycles. The minimum Gasteiger partial charge on any atom is -0.455 e. The topological polar surface area (TPSA) is 74.9 Å². The van der Waals surface area contributed by atoms with E-state index in [1.165, 1.54) is 30.1 Å². The predicted octanol–water partition coefficient (Wildman–Crippen LogP) is 5.12. The second-order valence-corrected chi connectivity index (χ2v) is 10.4. The molecule has 6 nitrogen and oxygen atoms in total. The van der Waals surface area contributed by atoms with Crippen LogP contribution in [-0.4, -0.2) is 31.4 Å². The van der Waals surface area contributed by atoms with E-state index in [4.69, 9.17) is 9.07 Å². The lowest BCUT2D eigenvalue weighted by atomic mass is 9.78. The fraction of sp³-hybridized carbons (Fsp3) is 0.250. The maximum absolute atomic E-state index is 14.8. The molecule has 6 rings (SSSR count). The zero-order chi connectivity index (χ0) is 26.6. The van der Waals surface area contributed by atoms with Crippen molar-refractivity contribution in [3.05, 3.63) is 82.4 Å². The van der Waals surface area contributed by atoms with Gasteiger partial charge in [-0.15, -0.1) is 0 Å². The minimum absolute atomic E-state index is 0.167. The van der Waals surface area contributed by atoms with E-state index in [2.05, 4.69) is 9.62 Å². The maximum atomic E-state index is 14.8. The number of benzene rings is 3. The normalized spacial score (nSPS) is 14.7. The van der Waals surface area contributed by atoms with Crippen molar-refractivity contribution < 1.29 is 27.7 Å². The standard InChI is InChI=1S/C28H25BF2N2O4S/c1-32-28(34)25-21-11-20(16-3-4-16)23(12-24(21)37-27(25)17-5-7-19(30)8-6-17)33(38-2)13-15-9-18-14-36-29(35)26(18)22(31)10-15/h5-12,16,35H,3-4,13-14H2,1-2H3,(H,32,34). The van der Waals surface area contributed by atoms with Gasteiger partial charge in [0.1, 0.15) is 23.0 Å². The van der Waals surface area contributed by atoms with Crippen LogP contribution in [0.3, 0.4) is 0 Å². The van der Waals surface area contributed by atoms with Crippen molar-refractivity contribution in [3.8, 4) is 11.3 Å². The Morgan fingerprint density at radius 1 is 1.18 bits per heavy atom. The highest BCUT2D eigenvalue weighted by Crippen LogP contribution is 2.48. The monoisotopic (exact) mass is 534 g/mol. The molecular formula is C28H25BF2N2O4S. The Hall–Kier alpha value is -3.34. The van der Waals surface area contributed by atoms with Crippen LogP contribution in [0, 0.1) is 11.6 Å². The number of nitrogens with one attached hydrogen (secondary N) is 1. The summed E-state index contributed by atoms with van der Waals surface area (Å²) in [5.41, 5.74) is 5.21. The van der Waals surface area contributed by atoms with Crippen molar-refractivity contribution in [1.29, 1.82) is 0 Å². The molecule has 38 heavy (non-hydrogen) atoms. The van der Waals surface area contributed by atoms with Crippen LogP contribution in [0.2, 0.25) is 0 Å². The summed E-state index contributed by atoms with van der Waals surface area (Å²) in [6, 6.07) is 13.2. The molecule has 194 valence electrons. The smallest absolute Gasteiger partial charge is 0.455 e. The van der Waals surface area contributed by atoms with Gasteiger partial charge in [0, 0.05) is 35.8 Å². The summed E-state index contributed by atoms with van der Waals surface area (Å²) in [6.07, 6.45) is 4.04. The van der Waals surface area contributed by atoms with Gasteiger partial charge < -0.3 is 23.7 Å². The van der Waals surface area contributed by atoms with E-state index >= 15 is 0 Å². The van der Waals surface area contributed by atoms with Crippen molar-refractivity contribution in [2.24, 2.45) is 0 Å². The third kappa shape index (κ3) is 4.36. The zero-order valence-corrected chi connectivity index (χ0v) is 21.7. The average molecular weight is 534 g/mol. The van der Waals surface area contributed by atoms with Crippen LogP contribution in [0.15, 0.2) is 52.9 Å². The van der Waals surface area contributed by atoms with Crippen LogP contribution in [0.1, 0.15) is 45.8 Å². The van der Waals surface area contributed by atoms with Gasteiger partial charge in [-0.3, -0.25) is 4.79 Å². The number of carbonyl (C=O) groups excluding carboxylic acids is 1. The van der Waals surface area contributed by atoms with Crippen LogP contribution in [0.25, 0.3) is 22.3 Å². The van der Waals surface area contributed by atoms with Gasteiger partial charge in [-0.2, -0.15) is 0 Å². The van der Waals surface area contributed by atoms with Crippen molar-refractivity contribution in [2.75, 3.05) is 17.6 Å². The van der Waals surface area contributed by atoms with E-state index in [0.29, 0.717) is 45.9 Å². The number of nitrogens with zero attached hydrogens (tertiary/aromatic N) is 1. The number of halogens is 2. The van der Waals surface area contributed by atoms with Crippen LogP contribution < -0.4 is 15.1 Å². The van der Waals surface area contributed by atoms with Crippen LogP contribution in [0.4, 0.5) is 14.5 Å². The molecule has 0 unspecified atom stereocenters. The number of anilines is 1. The number of fused-ring (bicyclic) bond motifs is 2. The van der Waals surface area contributed by atoms with Gasteiger partial charge in [0.05, 0.1) is 24.4 Å². The summed E-state index contributed by atoms with van der Waals surface area (Å²) in [5.74, 6) is -0.396. The molecule has 4 aromatic rings. The second kappa shape index (κ2) is 9.76. The van der Waals surface area contributed by atoms with E-state index in [1.54, 1.807) is 19.2 Å². The highest BCUT2D eigenvalue weighted by Gasteiger charge is 2.33. The first-order valence-electron chi connectivity index (χ1n) is 12.4. The number of rotatable bonds is 7. The van der Waals surface area contributed by atoms with Crippen LogP contribution in [0.5, 0.6) is 0 Å². The average Bonchev–Trinajstić information content (AvgIpc) is 3.60. The molecule has 1 aliphatic heterocycles. The number of carbonyl (C=O) groups is 1. The number of hydrogen-bond donors (Lipinski definition) is 2. The molecule has 0 radical (unpaired) electrons. The fourth-order valence-corrected chi connectivity index (χ4v) is 5.76. The molecule has 3 aromatic carbocycles. The largest absolute Gasteiger partial charge is 0.494 e. The fourth-order valence-electron chi connectivity index (χ4n) is 5.13. The van der Waals surface area contributed by atoms with E-state index in [1.807, 2.05) is 24.5 Å². The van der Waals surface area contributed by atoms with Gasteiger partial charge in [-0.25, -0.2) is 8.78 Å². The van der Waals surface area contributed by atoms with E-state index in [0.717, 1.165) is 29.7 Å². The Bertz CT molecular complexity index is 1560. The molecule has 2 N–H and O–H groups in total. The van der Waals surface area contributed by atoms with E-state index in [-0.39, 0.29) is 23.8 Å². The third-order valence-electron chi connectivity index (χ3n) is 7.15. The van der Waals surface area contributed by atoms with Gasteiger partial charge in [0.2, 0.25) is 0 Å². The maximum Gasteiger partial charge on any atom is 0.494 e. The molecule has 10 heteroatoms. The number of furan rings is 1. The highest BCUT2D eigenvalue weighted by atomic mass is 32.2. The van der Waals surface area contributed by atoms with Gasteiger partial charge in [-0.1, -0.05) is 18.0 Å². The second-order valence-electron chi connectivity index (χ2n) is 9.61. The quantitative estimate of drug-likeness (QED) is 0.254. The first-order valence-corrected chi connectivity index (χ1v) is 13.6. The molecule has 1 amide bonds. The summed E-state index contributed by atoms with van der Waals surface area (Å²) < 4.78 is 41.9. The summed E-state index contributed by atoms with van der Waals surface area (Å²) in [7, 11) is 0.337. The van der Waals surface area contributed by atoms with Gasteiger partial charge in [-0.05, 0) is 71.8 Å². The molecule has 0 bridgehead atoms. The Labute approximate surface area is 223 Å². The Balaban J connectivity index is 1.46. The first kappa shape index (κ1) is 25.0. The summed E-state index contributed by atoms with van der Waals surface area (Å²) in [5, 5.41) is 13.3. The van der Waals surface area contributed by atoms with Gasteiger partial charge in [0.25, 0.3) is 5.91 Å². The molecule has 0 saturated heterocycles. The molecule has 1 fully saturated rings. The molecule has 2 aliphatic rings. The van der Waals surface area contributed by atoms with Gasteiger partial charge >= 0.3 is 7.12 Å². The lowest BCUT2D eigenvalue weighted by Crippen LogP contribution is -2.31. The SMILES string of the molecule is CNC(=O)c1c(-c2ccc(F)cc2)oc2cc(N(Cc3cc(F)c4c(c3)COB4O)SC)c(C3CC3)cc12. The Morgan fingerprint density at radius 3 is 2.63 bits per heavy atom. The van der Waals surface area contributed by atoms with Crippen molar-refractivity contribution in [2.45, 2.75) is 31.9 Å². The summed E-state index contributed by atoms with van der Waals surface area (Å²) in [4.78, 5) is 13.0. The molecule has 1 aliphatic carbocycles. The molecule has 1 saturated carbocycles. The van der Waals surface area contributed by atoms with Crippen LogP contribution >= 0.6 is 11.9 Å². The first-order chi connectivity index (χ1) is 18.4. The Kier molecular flexibility index (Phi) is 6.41. The molecule has 2 heterocycles. The molecular weight excluding hydrogens is 509 g/mol. The summed E-state index contributed by atoms with van der Waals surface area (Å²) >= 11 is 1.51. The van der Waals surface area contributed by atoms with Crippen molar-refractivity contribution >= 4 is 47.1 Å². The summed E-state index contributed by atoms with van der Waals surface area (Å²) in [6.45, 7) is 0.584. The van der Waals surface area contributed by atoms with E-state index < -0.39 is 12.9 Å². The Morgan fingerprint density at radius 2 is 1.95 bits per heavy atom. The van der Waals surface area contributed by atoms with Crippen LogP contribution in [-0.2, 0) is 17.8 Å². The number of hydrogen-bond acceptors (Lipinski definition) is 6. The number of amides is 1. The molecule has 0 spiro atoms. The third-order valence-corrected chi connectivity index (χ3v) is 7.92. The lowest BCUT2D eigenvalue weighted by Gasteiger charge is -2.25. The minimum atomic E-state index is -1.23. The van der Waals surface area contributed by atoms with E-state index in [9.17, 15) is 18.6 Å². The zero-order valence-electron chi connectivity index (χ0n) is 20.9. The molecule has 0 atom stereocenters. The van der Waals surface area contributed by atoms with Crippen molar-refractivity contribution in [3.63, 3.8) is 0 Å². The van der Waals surface area contributed by atoms with Gasteiger partial charge in [0.15, 0.2) is 0 Å². The highest BCUT2D eigenvalue weighted by molar-refractivity contribution is 7.99. The predicted molar refractivity (Wildman–Crippen MR) is 145 cm³/mol. The lowest BCUT2D eigenvalue weighted by molar-refractivity contribution is 0.0964.